The fourth-order valence-electron chi connectivity index (χ4n) is 3.05. The molecule has 1 unspecified atom stereocenters. The molecule has 0 bridgehead atoms. The predicted octanol–water partition coefficient (Wildman–Crippen LogP) is 2.72. The molecule has 0 saturated carbocycles. The van der Waals surface area contributed by atoms with E-state index in [1.807, 2.05) is 55.1 Å². The fourth-order valence-corrected chi connectivity index (χ4v) is 3.05. The van der Waals surface area contributed by atoms with Gasteiger partial charge < -0.3 is 20.5 Å². The van der Waals surface area contributed by atoms with E-state index < -0.39 is 6.10 Å². The molecule has 3 N–H and O–H groups in total. The molecule has 1 heterocycles. The van der Waals surface area contributed by atoms with Crippen molar-refractivity contribution in [3.05, 3.63) is 78.1 Å². The molecule has 1 atom stereocenters. The van der Waals surface area contributed by atoms with Gasteiger partial charge in [-0.15, -0.1) is 0 Å². The summed E-state index contributed by atoms with van der Waals surface area (Å²) in [6.07, 6.45) is 3.88. The number of aliphatic hydroxyl groups excluding tert-OH is 1. The Morgan fingerprint density at radius 2 is 2.00 bits per heavy atom. The Balaban J connectivity index is 1.43. The summed E-state index contributed by atoms with van der Waals surface area (Å²) >= 11 is 0. The molecule has 0 fully saturated rings. The maximum absolute atomic E-state index is 10.2. The summed E-state index contributed by atoms with van der Waals surface area (Å²) in [5.74, 6) is 1.44. The van der Waals surface area contributed by atoms with Crippen LogP contribution < -0.4 is 15.4 Å². The summed E-state index contributed by atoms with van der Waals surface area (Å²) in [5.41, 5.74) is 3.39. The first-order valence-electron chi connectivity index (χ1n) is 10.6. The minimum atomic E-state index is -0.675. The van der Waals surface area contributed by atoms with Gasteiger partial charge in [-0.3, -0.25) is 4.99 Å². The summed E-state index contributed by atoms with van der Waals surface area (Å²) in [6.45, 7) is 5.98. The van der Waals surface area contributed by atoms with Crippen LogP contribution in [0.3, 0.4) is 0 Å². The quantitative estimate of drug-likeness (QED) is 0.346. The summed E-state index contributed by atoms with van der Waals surface area (Å²) in [5, 5.41) is 21.0. The van der Waals surface area contributed by atoms with Gasteiger partial charge in [0.05, 0.1) is 12.2 Å². The first-order chi connectivity index (χ1) is 15.1. The van der Waals surface area contributed by atoms with Crippen molar-refractivity contribution < 1.29 is 9.84 Å². The fraction of sp³-hybridized carbons (Fsp3) is 0.333. The van der Waals surface area contributed by atoms with Crippen molar-refractivity contribution in [3.63, 3.8) is 0 Å². The van der Waals surface area contributed by atoms with Crippen LogP contribution in [0.4, 0.5) is 0 Å². The monoisotopic (exact) mass is 421 g/mol. The highest BCUT2D eigenvalue weighted by Gasteiger charge is 2.06. The topological polar surface area (TPSA) is 83.7 Å². The van der Waals surface area contributed by atoms with Gasteiger partial charge in [0.15, 0.2) is 5.96 Å². The second kappa shape index (κ2) is 11.8. The number of nitrogens with one attached hydrogen (secondary N) is 2. The zero-order valence-electron chi connectivity index (χ0n) is 18.2. The number of aromatic nitrogens is 2. The van der Waals surface area contributed by atoms with Crippen LogP contribution in [0.5, 0.6) is 5.75 Å². The SMILES string of the molecule is CCNC(=NCC(O)COc1cccc(C)c1)NCCc1ccc(-n2cccn2)cc1. The number of ether oxygens (including phenoxy) is 1. The van der Waals surface area contributed by atoms with E-state index in [-0.39, 0.29) is 13.2 Å². The smallest absolute Gasteiger partial charge is 0.191 e. The molecular weight excluding hydrogens is 390 g/mol. The molecule has 0 spiro atoms. The second-order valence-corrected chi connectivity index (χ2v) is 7.29. The lowest BCUT2D eigenvalue weighted by atomic mass is 10.1. The molecule has 0 aliphatic carbocycles. The Labute approximate surface area is 183 Å². The van der Waals surface area contributed by atoms with Crippen LogP contribution in [-0.2, 0) is 6.42 Å². The molecule has 3 rings (SSSR count). The Morgan fingerprint density at radius 1 is 1.16 bits per heavy atom. The van der Waals surface area contributed by atoms with Crippen molar-refractivity contribution in [1.29, 1.82) is 0 Å². The van der Waals surface area contributed by atoms with Crippen molar-refractivity contribution in [2.24, 2.45) is 4.99 Å². The van der Waals surface area contributed by atoms with Crippen LogP contribution >= 0.6 is 0 Å². The summed E-state index contributed by atoms with van der Waals surface area (Å²) in [4.78, 5) is 4.48. The number of aliphatic imine (C=N–C) groups is 1. The highest BCUT2D eigenvalue weighted by atomic mass is 16.5. The van der Waals surface area contributed by atoms with Crippen LogP contribution in [-0.4, -0.2) is 53.2 Å². The molecule has 7 heteroatoms. The standard InChI is InChI=1S/C24H31N5O2/c1-3-25-24(27-17-22(30)18-31-23-7-4-6-19(2)16-23)26-14-12-20-8-10-21(11-9-20)29-15-5-13-28-29/h4-11,13,15-16,22,30H,3,12,14,17-18H2,1-2H3,(H2,25,26,27). The van der Waals surface area contributed by atoms with E-state index in [9.17, 15) is 5.11 Å². The molecule has 3 aromatic rings. The number of guanidine groups is 1. The summed E-state index contributed by atoms with van der Waals surface area (Å²) in [6, 6.07) is 18.0. The molecular formula is C24H31N5O2. The van der Waals surface area contributed by atoms with E-state index >= 15 is 0 Å². The normalized spacial score (nSPS) is 12.4. The van der Waals surface area contributed by atoms with E-state index in [4.69, 9.17) is 4.74 Å². The van der Waals surface area contributed by atoms with E-state index in [0.29, 0.717) is 5.96 Å². The number of nitrogens with zero attached hydrogens (tertiary/aromatic N) is 3. The van der Waals surface area contributed by atoms with Gasteiger partial charge >= 0.3 is 0 Å². The first kappa shape index (κ1) is 22.4. The van der Waals surface area contributed by atoms with Crippen molar-refractivity contribution in [2.45, 2.75) is 26.4 Å². The maximum atomic E-state index is 10.2. The Morgan fingerprint density at radius 3 is 2.71 bits per heavy atom. The third-order valence-corrected chi connectivity index (χ3v) is 4.65. The zero-order chi connectivity index (χ0) is 21.9. The maximum Gasteiger partial charge on any atom is 0.191 e. The van der Waals surface area contributed by atoms with Gasteiger partial charge in [0.25, 0.3) is 0 Å². The molecule has 31 heavy (non-hydrogen) atoms. The number of benzene rings is 2. The molecule has 0 saturated heterocycles. The highest BCUT2D eigenvalue weighted by molar-refractivity contribution is 5.79. The lowest BCUT2D eigenvalue weighted by Crippen LogP contribution is -2.39. The average Bonchev–Trinajstić information content (AvgIpc) is 3.31. The average molecular weight is 422 g/mol. The molecule has 0 radical (unpaired) electrons. The minimum Gasteiger partial charge on any atom is -0.491 e. The second-order valence-electron chi connectivity index (χ2n) is 7.29. The van der Waals surface area contributed by atoms with Gasteiger partial charge in [-0.1, -0.05) is 24.3 Å². The van der Waals surface area contributed by atoms with Gasteiger partial charge in [-0.25, -0.2) is 4.68 Å². The highest BCUT2D eigenvalue weighted by Crippen LogP contribution is 2.12. The van der Waals surface area contributed by atoms with E-state index in [2.05, 4.69) is 45.0 Å². The third kappa shape index (κ3) is 7.46. The van der Waals surface area contributed by atoms with Gasteiger partial charge in [-0.05, 0) is 61.7 Å². The minimum absolute atomic E-state index is 0.203. The summed E-state index contributed by atoms with van der Waals surface area (Å²) < 4.78 is 7.49. The third-order valence-electron chi connectivity index (χ3n) is 4.65. The number of hydrogen-bond donors (Lipinski definition) is 3. The van der Waals surface area contributed by atoms with Gasteiger partial charge in [0, 0.05) is 25.5 Å². The van der Waals surface area contributed by atoms with Gasteiger partial charge in [0.2, 0.25) is 0 Å². The molecule has 1 aromatic heterocycles. The van der Waals surface area contributed by atoms with Gasteiger partial charge in [0.1, 0.15) is 18.5 Å². The Bertz CT molecular complexity index is 939. The molecule has 0 aliphatic rings. The van der Waals surface area contributed by atoms with Crippen LogP contribution in [0.25, 0.3) is 5.69 Å². The molecule has 0 amide bonds. The van der Waals surface area contributed by atoms with Crippen LogP contribution in [0.2, 0.25) is 0 Å². The van der Waals surface area contributed by atoms with Crippen molar-refractivity contribution >= 4 is 5.96 Å². The lowest BCUT2D eigenvalue weighted by Gasteiger charge is -2.14. The van der Waals surface area contributed by atoms with Gasteiger partial charge in [-0.2, -0.15) is 5.10 Å². The van der Waals surface area contributed by atoms with E-state index in [1.165, 1.54) is 5.56 Å². The first-order valence-corrected chi connectivity index (χ1v) is 10.6. The molecule has 0 aliphatic heterocycles. The molecule has 2 aromatic carbocycles. The summed E-state index contributed by atoms with van der Waals surface area (Å²) in [7, 11) is 0. The molecule has 164 valence electrons. The largest absolute Gasteiger partial charge is 0.491 e. The predicted molar refractivity (Wildman–Crippen MR) is 124 cm³/mol. The lowest BCUT2D eigenvalue weighted by molar-refractivity contribution is 0.114. The van der Waals surface area contributed by atoms with Crippen LogP contribution in [0.15, 0.2) is 72.0 Å². The number of aliphatic hydroxyl groups is 1. The Hall–Kier alpha value is -3.32. The van der Waals surface area contributed by atoms with Crippen LogP contribution in [0.1, 0.15) is 18.1 Å². The van der Waals surface area contributed by atoms with Crippen molar-refractivity contribution in [1.82, 2.24) is 20.4 Å². The van der Waals surface area contributed by atoms with Crippen molar-refractivity contribution in [2.75, 3.05) is 26.2 Å². The Kier molecular flexibility index (Phi) is 8.48. The number of hydrogen-bond acceptors (Lipinski definition) is 4. The molecule has 7 nitrogen and oxygen atoms in total. The van der Waals surface area contributed by atoms with E-state index in [0.717, 1.165) is 36.5 Å². The van der Waals surface area contributed by atoms with E-state index in [1.54, 1.807) is 6.20 Å². The number of rotatable bonds is 10. The zero-order valence-corrected chi connectivity index (χ0v) is 18.2. The van der Waals surface area contributed by atoms with Crippen molar-refractivity contribution in [3.8, 4) is 11.4 Å². The van der Waals surface area contributed by atoms with Crippen LogP contribution in [0, 0.1) is 6.92 Å². The number of aryl methyl sites for hydroxylation is 1.